The fourth-order valence-corrected chi connectivity index (χ4v) is 2.75. The monoisotopic (exact) mass is 338 g/mol. The first-order valence-corrected chi connectivity index (χ1v) is 7.85. The molecule has 6 heteroatoms. The van der Waals surface area contributed by atoms with Crippen LogP contribution in [-0.2, 0) is 16.1 Å². The second kappa shape index (κ2) is 7.19. The molecular weight excluding hydrogens is 320 g/mol. The van der Waals surface area contributed by atoms with Gasteiger partial charge >= 0.3 is 5.97 Å². The number of hydrogen-bond acceptors (Lipinski definition) is 3. The first kappa shape index (κ1) is 16.7. The molecule has 2 N–H and O–H groups in total. The molecule has 0 saturated carbocycles. The summed E-state index contributed by atoms with van der Waals surface area (Å²) in [4.78, 5) is 32.0. The van der Waals surface area contributed by atoms with E-state index in [1.807, 2.05) is 24.3 Å². The molecular formula is C19H18N2O4. The molecule has 0 aliphatic rings. The molecule has 1 amide bonds. The summed E-state index contributed by atoms with van der Waals surface area (Å²) < 4.78 is 0. The van der Waals surface area contributed by atoms with E-state index >= 15 is 0 Å². The van der Waals surface area contributed by atoms with Crippen LogP contribution in [0.25, 0.3) is 10.9 Å². The summed E-state index contributed by atoms with van der Waals surface area (Å²) in [7, 11) is 1.44. The zero-order valence-electron chi connectivity index (χ0n) is 13.7. The number of fused-ring (bicyclic) bond motifs is 1. The van der Waals surface area contributed by atoms with Crippen LogP contribution in [0, 0.1) is 0 Å². The highest BCUT2D eigenvalue weighted by Crippen LogP contribution is 2.23. The number of carboxylic acids is 1. The van der Waals surface area contributed by atoms with Crippen LogP contribution in [0.4, 0.5) is 5.69 Å². The van der Waals surface area contributed by atoms with Gasteiger partial charge in [0, 0.05) is 29.1 Å². The third kappa shape index (κ3) is 3.54. The molecule has 6 nitrogen and oxygen atoms in total. The second-order valence-corrected chi connectivity index (χ2v) is 5.59. The maximum atomic E-state index is 12.8. The molecule has 3 aromatic rings. The average Bonchev–Trinajstić information content (AvgIpc) is 3.03. The van der Waals surface area contributed by atoms with E-state index in [1.54, 1.807) is 30.5 Å². The predicted molar refractivity (Wildman–Crippen MR) is 94.5 cm³/mol. The Hall–Kier alpha value is -3.12. The molecule has 0 unspecified atom stereocenters. The standard InChI is InChI=1S/C19H18N2O4/c1-25-21(15-5-3-2-4-6-15)19(24)13-7-9-17-16(11-13)14(12-20-17)8-10-18(22)23/h2-7,9,11-12,20H,8,10H2,1H3,(H,22,23). The molecule has 0 radical (unpaired) electrons. The number of aromatic nitrogens is 1. The maximum Gasteiger partial charge on any atom is 0.303 e. The lowest BCUT2D eigenvalue weighted by atomic mass is 10.1. The Balaban J connectivity index is 1.93. The summed E-state index contributed by atoms with van der Waals surface area (Å²) in [5, 5.41) is 10.9. The van der Waals surface area contributed by atoms with Gasteiger partial charge in [0.05, 0.1) is 12.8 Å². The molecule has 3 rings (SSSR count). The fraction of sp³-hybridized carbons (Fsp3) is 0.158. The number of carboxylic acid groups (broad SMARTS) is 1. The first-order valence-electron chi connectivity index (χ1n) is 7.85. The van der Waals surface area contributed by atoms with Gasteiger partial charge in [-0.1, -0.05) is 18.2 Å². The number of para-hydroxylation sites is 1. The quantitative estimate of drug-likeness (QED) is 0.675. The number of hydrogen-bond donors (Lipinski definition) is 2. The van der Waals surface area contributed by atoms with E-state index in [1.165, 1.54) is 12.2 Å². The normalized spacial score (nSPS) is 10.8. The van der Waals surface area contributed by atoms with Gasteiger partial charge in [-0.25, -0.2) is 0 Å². The Morgan fingerprint density at radius 2 is 1.92 bits per heavy atom. The van der Waals surface area contributed by atoms with Gasteiger partial charge in [-0.2, -0.15) is 5.06 Å². The van der Waals surface area contributed by atoms with E-state index < -0.39 is 5.97 Å². The van der Waals surface area contributed by atoms with Crippen LogP contribution in [0.5, 0.6) is 0 Å². The van der Waals surface area contributed by atoms with Crippen LogP contribution < -0.4 is 5.06 Å². The number of anilines is 1. The Kier molecular flexibility index (Phi) is 4.81. The van der Waals surface area contributed by atoms with Crippen molar-refractivity contribution in [2.75, 3.05) is 12.2 Å². The van der Waals surface area contributed by atoms with Crippen LogP contribution in [-0.4, -0.2) is 29.1 Å². The maximum absolute atomic E-state index is 12.8. The Labute approximate surface area is 144 Å². The smallest absolute Gasteiger partial charge is 0.303 e. The van der Waals surface area contributed by atoms with Crippen LogP contribution in [0.2, 0.25) is 0 Å². The van der Waals surface area contributed by atoms with Crippen molar-refractivity contribution in [3.8, 4) is 0 Å². The van der Waals surface area contributed by atoms with Gasteiger partial charge in [0.1, 0.15) is 0 Å². The van der Waals surface area contributed by atoms with Crippen molar-refractivity contribution in [2.45, 2.75) is 12.8 Å². The van der Waals surface area contributed by atoms with E-state index in [2.05, 4.69) is 4.98 Å². The molecule has 0 fully saturated rings. The lowest BCUT2D eigenvalue weighted by Crippen LogP contribution is -2.29. The molecule has 0 spiro atoms. The van der Waals surface area contributed by atoms with Gasteiger partial charge in [-0.15, -0.1) is 0 Å². The van der Waals surface area contributed by atoms with Crippen molar-refractivity contribution in [3.05, 3.63) is 65.9 Å². The van der Waals surface area contributed by atoms with Crippen molar-refractivity contribution in [1.82, 2.24) is 4.98 Å². The first-order chi connectivity index (χ1) is 12.1. The van der Waals surface area contributed by atoms with E-state index in [-0.39, 0.29) is 12.3 Å². The Morgan fingerprint density at radius 1 is 1.16 bits per heavy atom. The summed E-state index contributed by atoms with van der Waals surface area (Å²) in [6.45, 7) is 0. The van der Waals surface area contributed by atoms with E-state index in [4.69, 9.17) is 9.94 Å². The second-order valence-electron chi connectivity index (χ2n) is 5.59. The van der Waals surface area contributed by atoms with Crippen molar-refractivity contribution in [3.63, 3.8) is 0 Å². The van der Waals surface area contributed by atoms with Gasteiger partial charge in [0.2, 0.25) is 0 Å². The molecule has 0 aliphatic heterocycles. The molecule has 0 bridgehead atoms. The van der Waals surface area contributed by atoms with Crippen LogP contribution in [0.15, 0.2) is 54.7 Å². The Morgan fingerprint density at radius 3 is 2.60 bits per heavy atom. The zero-order chi connectivity index (χ0) is 17.8. The summed E-state index contributed by atoms with van der Waals surface area (Å²) in [6, 6.07) is 14.4. The summed E-state index contributed by atoms with van der Waals surface area (Å²) in [6.07, 6.45) is 2.23. The van der Waals surface area contributed by atoms with Crippen LogP contribution in [0.3, 0.4) is 0 Å². The van der Waals surface area contributed by atoms with Gasteiger partial charge in [0.25, 0.3) is 5.91 Å². The largest absolute Gasteiger partial charge is 0.481 e. The number of benzene rings is 2. The predicted octanol–water partition coefficient (Wildman–Crippen LogP) is 3.39. The van der Waals surface area contributed by atoms with Crippen LogP contribution >= 0.6 is 0 Å². The number of rotatable bonds is 6. The third-order valence-corrected chi connectivity index (χ3v) is 3.98. The lowest BCUT2D eigenvalue weighted by Gasteiger charge is -2.19. The minimum atomic E-state index is -0.851. The number of hydroxylamine groups is 1. The zero-order valence-corrected chi connectivity index (χ0v) is 13.7. The number of amides is 1. The average molecular weight is 338 g/mol. The number of nitrogens with one attached hydrogen (secondary N) is 1. The number of H-pyrrole nitrogens is 1. The SMILES string of the molecule is CON(C(=O)c1ccc2[nH]cc(CCC(=O)O)c2c1)c1ccccc1. The summed E-state index contributed by atoms with van der Waals surface area (Å²) in [5.41, 5.74) is 2.83. The number of nitrogens with zero attached hydrogens (tertiary/aromatic N) is 1. The number of aryl methyl sites for hydroxylation is 1. The highest BCUT2D eigenvalue weighted by molar-refractivity contribution is 6.06. The topological polar surface area (TPSA) is 82.6 Å². The van der Waals surface area contributed by atoms with Crippen LogP contribution in [0.1, 0.15) is 22.3 Å². The highest BCUT2D eigenvalue weighted by atomic mass is 16.7. The van der Waals surface area contributed by atoms with E-state index in [9.17, 15) is 9.59 Å². The minimum Gasteiger partial charge on any atom is -0.481 e. The molecule has 25 heavy (non-hydrogen) atoms. The van der Waals surface area contributed by atoms with Gasteiger partial charge in [-0.05, 0) is 42.3 Å². The summed E-state index contributed by atoms with van der Waals surface area (Å²) >= 11 is 0. The van der Waals surface area contributed by atoms with Crippen molar-refractivity contribution in [2.24, 2.45) is 0 Å². The molecule has 0 atom stereocenters. The van der Waals surface area contributed by atoms with Gasteiger partial charge < -0.3 is 10.1 Å². The molecule has 2 aromatic carbocycles. The van der Waals surface area contributed by atoms with Crippen molar-refractivity contribution >= 4 is 28.5 Å². The molecule has 1 aromatic heterocycles. The number of carbonyl (C=O) groups is 2. The molecule has 0 aliphatic carbocycles. The van der Waals surface area contributed by atoms with Crippen molar-refractivity contribution in [1.29, 1.82) is 0 Å². The highest BCUT2D eigenvalue weighted by Gasteiger charge is 2.18. The lowest BCUT2D eigenvalue weighted by molar-refractivity contribution is -0.136. The third-order valence-electron chi connectivity index (χ3n) is 3.98. The Bertz CT molecular complexity index is 902. The minimum absolute atomic E-state index is 0.0410. The summed E-state index contributed by atoms with van der Waals surface area (Å²) in [5.74, 6) is -1.14. The molecule has 128 valence electrons. The van der Waals surface area contributed by atoms with E-state index in [0.29, 0.717) is 17.7 Å². The van der Waals surface area contributed by atoms with Gasteiger partial charge in [0.15, 0.2) is 0 Å². The number of aromatic amines is 1. The fourth-order valence-electron chi connectivity index (χ4n) is 2.75. The molecule has 1 heterocycles. The van der Waals surface area contributed by atoms with Crippen molar-refractivity contribution < 1.29 is 19.5 Å². The van der Waals surface area contributed by atoms with Gasteiger partial charge in [-0.3, -0.25) is 14.4 Å². The van der Waals surface area contributed by atoms with E-state index in [0.717, 1.165) is 16.5 Å². The number of aliphatic carboxylic acids is 1. The molecule has 0 saturated heterocycles. The number of carbonyl (C=O) groups excluding carboxylic acids is 1.